The third-order valence-electron chi connectivity index (χ3n) is 5.80. The second-order valence-corrected chi connectivity index (χ2v) is 8.82. The molecule has 5 nitrogen and oxygen atoms in total. The quantitative estimate of drug-likeness (QED) is 0.452. The van der Waals surface area contributed by atoms with Crippen LogP contribution in [0.1, 0.15) is 47.1 Å². The van der Waals surface area contributed by atoms with E-state index in [1.165, 1.54) is 72.3 Å². The van der Waals surface area contributed by atoms with Gasteiger partial charge in [0.1, 0.15) is 6.54 Å². The summed E-state index contributed by atoms with van der Waals surface area (Å²) < 4.78 is 1.20. The Morgan fingerprint density at radius 1 is 0.758 bits per heavy atom. The maximum atomic E-state index is 10.7. The Morgan fingerprint density at radius 2 is 1.21 bits per heavy atom. The standard InChI is InChI=1S/C14H10O4S.C13H22N/c15-13(16)9-1-5-11(6-2-9)19-12-7-3-10(4-8-12)14(17)18;1-4-14(5-2,6-3)12-13-10-8-7-9-11-13/h1-8H,(H,15,16)(H,17,18);7-11H,4-6,12H2,1-3H3/q;+1/p-1. The molecule has 3 aromatic rings. The Bertz CT molecular complexity index is 950. The molecule has 0 aliphatic rings. The first-order chi connectivity index (χ1) is 15.8. The van der Waals surface area contributed by atoms with Gasteiger partial charge in [-0.25, -0.2) is 4.79 Å². The Kier molecular flexibility index (Phi) is 10.2. The van der Waals surface area contributed by atoms with Gasteiger partial charge in [-0.3, -0.25) is 0 Å². The summed E-state index contributed by atoms with van der Waals surface area (Å²) in [6.45, 7) is 11.7. The van der Waals surface area contributed by atoms with Crippen LogP contribution in [0.15, 0.2) is 88.7 Å². The third-order valence-corrected chi connectivity index (χ3v) is 6.82. The van der Waals surface area contributed by atoms with Crippen molar-refractivity contribution in [2.75, 3.05) is 19.6 Å². The van der Waals surface area contributed by atoms with Crippen LogP contribution in [0, 0.1) is 0 Å². The molecule has 0 aliphatic heterocycles. The number of carbonyl (C=O) groups is 2. The number of carbonyl (C=O) groups excluding carboxylic acids is 1. The molecule has 0 saturated heterocycles. The normalized spacial score (nSPS) is 10.8. The van der Waals surface area contributed by atoms with Crippen molar-refractivity contribution in [3.8, 4) is 0 Å². The van der Waals surface area contributed by atoms with Crippen molar-refractivity contribution >= 4 is 23.7 Å². The van der Waals surface area contributed by atoms with E-state index in [-0.39, 0.29) is 11.1 Å². The molecule has 3 rings (SSSR count). The number of carboxylic acid groups (broad SMARTS) is 2. The van der Waals surface area contributed by atoms with Crippen molar-refractivity contribution < 1.29 is 24.3 Å². The highest BCUT2D eigenvalue weighted by molar-refractivity contribution is 7.99. The zero-order valence-electron chi connectivity index (χ0n) is 19.4. The number of quaternary nitrogens is 1. The summed E-state index contributed by atoms with van der Waals surface area (Å²) >= 11 is 1.42. The minimum atomic E-state index is -1.21. The largest absolute Gasteiger partial charge is 0.545 e. The third kappa shape index (κ3) is 8.08. The zero-order chi connectivity index (χ0) is 24.3. The maximum Gasteiger partial charge on any atom is 0.335 e. The topological polar surface area (TPSA) is 77.4 Å². The fourth-order valence-corrected chi connectivity index (χ4v) is 4.25. The van der Waals surface area contributed by atoms with Crippen molar-refractivity contribution in [3.63, 3.8) is 0 Å². The Hall–Kier alpha value is -3.09. The van der Waals surface area contributed by atoms with Crippen LogP contribution >= 0.6 is 11.8 Å². The monoisotopic (exact) mass is 465 g/mol. The predicted molar refractivity (Wildman–Crippen MR) is 130 cm³/mol. The lowest BCUT2D eigenvalue weighted by molar-refractivity contribution is -0.936. The molecule has 0 saturated carbocycles. The number of rotatable bonds is 9. The summed E-state index contributed by atoms with van der Waals surface area (Å²) in [5.41, 5.74) is 1.82. The molecule has 0 aliphatic carbocycles. The van der Waals surface area contributed by atoms with Crippen LogP contribution in [-0.2, 0) is 6.54 Å². The van der Waals surface area contributed by atoms with E-state index >= 15 is 0 Å². The van der Waals surface area contributed by atoms with Gasteiger partial charge in [0, 0.05) is 15.4 Å². The lowest BCUT2D eigenvalue weighted by Gasteiger charge is -2.35. The fraction of sp³-hybridized carbons (Fsp3) is 0.259. The van der Waals surface area contributed by atoms with Crippen LogP contribution in [0.4, 0.5) is 0 Å². The number of carboxylic acids is 2. The Balaban J connectivity index is 0.000000245. The summed E-state index contributed by atoms with van der Waals surface area (Å²) in [5, 5.41) is 19.4. The number of benzene rings is 3. The van der Waals surface area contributed by atoms with E-state index in [1.807, 2.05) is 0 Å². The molecule has 0 fully saturated rings. The molecule has 6 heteroatoms. The number of aromatic carboxylic acids is 2. The molecule has 33 heavy (non-hydrogen) atoms. The first kappa shape index (κ1) is 26.2. The molecule has 0 spiro atoms. The second kappa shape index (κ2) is 12.8. The van der Waals surface area contributed by atoms with Crippen LogP contribution in [0.3, 0.4) is 0 Å². The summed E-state index contributed by atoms with van der Waals surface area (Å²) in [7, 11) is 0. The molecule has 0 atom stereocenters. The molecule has 174 valence electrons. The highest BCUT2D eigenvalue weighted by Gasteiger charge is 2.20. The van der Waals surface area contributed by atoms with E-state index in [1.54, 1.807) is 24.3 Å². The molecule has 0 amide bonds. The number of nitrogens with zero attached hydrogens (tertiary/aromatic N) is 1. The molecule has 0 heterocycles. The van der Waals surface area contributed by atoms with Gasteiger partial charge in [-0.05, 0) is 62.7 Å². The van der Waals surface area contributed by atoms with Gasteiger partial charge < -0.3 is 19.5 Å². The second-order valence-electron chi connectivity index (χ2n) is 7.68. The zero-order valence-corrected chi connectivity index (χ0v) is 20.2. The van der Waals surface area contributed by atoms with Crippen LogP contribution in [0.25, 0.3) is 0 Å². The molecule has 0 radical (unpaired) electrons. The fourth-order valence-electron chi connectivity index (χ4n) is 3.44. The minimum Gasteiger partial charge on any atom is -0.545 e. The number of hydrogen-bond acceptors (Lipinski definition) is 4. The minimum absolute atomic E-state index is 0.130. The molecule has 0 unspecified atom stereocenters. The van der Waals surface area contributed by atoms with E-state index < -0.39 is 11.9 Å². The summed E-state index contributed by atoms with van der Waals surface area (Å²) in [6.07, 6.45) is 0. The Morgan fingerprint density at radius 3 is 1.61 bits per heavy atom. The van der Waals surface area contributed by atoms with Crippen LogP contribution in [0.5, 0.6) is 0 Å². The van der Waals surface area contributed by atoms with Crippen molar-refractivity contribution in [2.24, 2.45) is 0 Å². The maximum absolute atomic E-state index is 10.7. The highest BCUT2D eigenvalue weighted by Crippen LogP contribution is 2.27. The predicted octanol–water partition coefficient (Wildman–Crippen LogP) is 4.96. The van der Waals surface area contributed by atoms with Gasteiger partial charge >= 0.3 is 5.97 Å². The summed E-state index contributed by atoms with van der Waals surface area (Å²) in [4.78, 5) is 23.1. The van der Waals surface area contributed by atoms with Crippen LogP contribution < -0.4 is 5.11 Å². The average Bonchev–Trinajstić information content (AvgIpc) is 2.84. The molecule has 0 aromatic heterocycles. The molecular formula is C27H31NO4S. The van der Waals surface area contributed by atoms with Gasteiger partial charge in [0.25, 0.3) is 0 Å². The Labute approximate surface area is 200 Å². The summed E-state index contributed by atoms with van der Waals surface area (Å²) in [5.74, 6) is -2.17. The van der Waals surface area contributed by atoms with E-state index in [9.17, 15) is 14.7 Å². The lowest BCUT2D eigenvalue weighted by atomic mass is 10.2. The molecule has 0 bridgehead atoms. The molecule has 3 aromatic carbocycles. The van der Waals surface area contributed by atoms with E-state index in [0.29, 0.717) is 0 Å². The van der Waals surface area contributed by atoms with Crippen molar-refractivity contribution in [1.29, 1.82) is 0 Å². The molecular weight excluding hydrogens is 434 g/mol. The lowest BCUT2D eigenvalue weighted by Crippen LogP contribution is -2.46. The van der Waals surface area contributed by atoms with Gasteiger partial charge in [0.05, 0.1) is 31.2 Å². The van der Waals surface area contributed by atoms with Gasteiger partial charge in [0.15, 0.2) is 0 Å². The van der Waals surface area contributed by atoms with Crippen molar-refractivity contribution in [1.82, 2.24) is 0 Å². The smallest absolute Gasteiger partial charge is 0.335 e. The van der Waals surface area contributed by atoms with E-state index in [0.717, 1.165) is 9.79 Å². The first-order valence-corrected chi connectivity index (χ1v) is 11.9. The number of hydrogen-bond donors (Lipinski definition) is 1. The summed E-state index contributed by atoms with van der Waals surface area (Å²) in [6, 6.07) is 23.6. The van der Waals surface area contributed by atoms with Crippen LogP contribution in [0.2, 0.25) is 0 Å². The van der Waals surface area contributed by atoms with Gasteiger partial charge in [0.2, 0.25) is 0 Å². The van der Waals surface area contributed by atoms with Crippen molar-refractivity contribution in [3.05, 3.63) is 95.6 Å². The molecule has 1 N–H and O–H groups in total. The van der Waals surface area contributed by atoms with Crippen molar-refractivity contribution in [2.45, 2.75) is 37.1 Å². The first-order valence-electron chi connectivity index (χ1n) is 11.0. The SMILES string of the molecule is CC[N+](CC)(CC)Cc1ccccc1.O=C([O-])c1ccc(Sc2ccc(C(=O)O)cc2)cc1. The van der Waals surface area contributed by atoms with Gasteiger partial charge in [-0.2, -0.15) is 0 Å². The highest BCUT2D eigenvalue weighted by atomic mass is 32.2. The van der Waals surface area contributed by atoms with Crippen LogP contribution in [-0.4, -0.2) is 41.2 Å². The van der Waals surface area contributed by atoms with E-state index in [4.69, 9.17) is 5.11 Å². The van der Waals surface area contributed by atoms with Gasteiger partial charge in [-0.15, -0.1) is 0 Å². The van der Waals surface area contributed by atoms with E-state index in [2.05, 4.69) is 51.1 Å². The van der Waals surface area contributed by atoms with Gasteiger partial charge in [-0.1, -0.05) is 54.2 Å². The average molecular weight is 466 g/mol.